The van der Waals surface area contributed by atoms with Crippen LogP contribution in [0.4, 0.5) is 5.95 Å². The summed E-state index contributed by atoms with van der Waals surface area (Å²) in [5.41, 5.74) is 40.2. The summed E-state index contributed by atoms with van der Waals surface area (Å²) in [5, 5.41) is 10.4. The molecule has 7 aliphatic rings. The summed E-state index contributed by atoms with van der Waals surface area (Å²) in [4.78, 5) is 54.5. The Hall–Kier alpha value is -4.37. The lowest BCUT2D eigenvalue weighted by Crippen LogP contribution is -2.63. The summed E-state index contributed by atoms with van der Waals surface area (Å²) >= 11 is 13.8. The van der Waals surface area contributed by atoms with Gasteiger partial charge in [-0.3, -0.25) is 24.6 Å². The molecule has 2 unspecified atom stereocenters. The average Bonchev–Trinajstić information content (AvgIpc) is 3.53. The molecule has 3 fully saturated rings. The van der Waals surface area contributed by atoms with Crippen molar-refractivity contribution >= 4 is 52.6 Å². The van der Waals surface area contributed by atoms with Crippen molar-refractivity contribution in [3.63, 3.8) is 0 Å². The van der Waals surface area contributed by atoms with Crippen LogP contribution in [-0.4, -0.2) is 141 Å². The molecule has 1 aromatic rings. The van der Waals surface area contributed by atoms with E-state index < -0.39 is 16.9 Å². The first kappa shape index (κ1) is 42.7. The fourth-order valence-electron chi connectivity index (χ4n) is 8.14. The molecule has 0 aliphatic carbocycles. The zero-order valence-corrected chi connectivity index (χ0v) is 34.6. The summed E-state index contributed by atoms with van der Waals surface area (Å²) in [7, 11) is 1.71. The van der Waals surface area contributed by atoms with Gasteiger partial charge in [-0.1, -0.05) is 36.0 Å². The molecule has 2 bridgehead atoms. The van der Waals surface area contributed by atoms with Crippen molar-refractivity contribution in [2.75, 3.05) is 71.2 Å². The topological polar surface area (TPSA) is 305 Å². The van der Waals surface area contributed by atoms with Gasteiger partial charge in [0, 0.05) is 51.1 Å². The molecule has 0 radical (unpaired) electrons. The first-order valence-corrected chi connectivity index (χ1v) is 20.9. The first-order chi connectivity index (χ1) is 28.5. The molecule has 1 aromatic heterocycles. The number of aromatic nitrogens is 3. The number of rotatable bonds is 10. The third-order valence-corrected chi connectivity index (χ3v) is 12.0. The van der Waals surface area contributed by atoms with Crippen LogP contribution in [0.25, 0.3) is 0 Å². The van der Waals surface area contributed by atoms with Gasteiger partial charge in [-0.05, 0) is 45.6 Å². The summed E-state index contributed by atoms with van der Waals surface area (Å²) in [5.74, 6) is 1.71. The minimum Gasteiger partial charge on any atom is -0.384 e. The molecule has 7 aliphatic heterocycles. The van der Waals surface area contributed by atoms with Crippen LogP contribution < -0.4 is 65.9 Å². The zero-order chi connectivity index (χ0) is 41.6. The van der Waals surface area contributed by atoms with Crippen molar-refractivity contribution in [3.05, 3.63) is 34.7 Å². The number of aliphatic imine (C=N–C) groups is 2. The molecular weight excluding hydrogens is 807 g/mol. The molecule has 2 atom stereocenters. The van der Waals surface area contributed by atoms with E-state index in [0.717, 1.165) is 37.6 Å². The van der Waals surface area contributed by atoms with Crippen molar-refractivity contribution in [2.24, 2.45) is 32.9 Å². The third-order valence-electron chi connectivity index (χ3n) is 11.2. The van der Waals surface area contributed by atoms with E-state index in [0.29, 0.717) is 63.6 Å². The molecule has 324 valence electrons. The predicted octanol–water partition coefficient (Wildman–Crippen LogP) is -3.17. The highest BCUT2D eigenvalue weighted by atomic mass is 35.5. The number of carbonyl (C=O) groups excluding carboxylic acids is 2. The van der Waals surface area contributed by atoms with Crippen LogP contribution in [0, 0.1) is 0 Å². The number of nitrogens with one attached hydrogen (secondary N) is 7. The second kappa shape index (κ2) is 19.3. The fraction of sp³-hybridized carbons (Fsp3) is 0.667. The molecule has 3 saturated heterocycles. The number of amidine groups is 2. The standard InChI is InChI=1S/C33H56Cl2N22O2/c1-40-50-43-17-53-18-44-51-42-16-41-31-24(35)57(22(32(53)59)26(37)46-31)55-14-8-20(9-15-55)30-47-29(48-33(49-30)52-10-4-2-3-5-11-52)19-6-12-54(13-7-19)56-21(28(39)58)25(36)45-27(38)23(56)34/h19-20,23-24,40,42-44,50-51H,2-18,36-37H2,1H3,(H2,38,45)(H2,39,58)(H,41,46). The quantitative estimate of drug-likeness (QED) is 0.0479. The fourth-order valence-corrected chi connectivity index (χ4v) is 8.75. The SMILES string of the molecule is CNNNCN1CNNNCN=C2NC(N)=C(C1=O)N(N1CCC(c3nc(C4CCN(N5C(C(N)=O)=C(N)N=C(N)C5Cl)CC4)nc(N4CCCCCC4)n3)CC1)C2Cl. The highest BCUT2D eigenvalue weighted by Crippen LogP contribution is 2.35. The van der Waals surface area contributed by atoms with Crippen molar-refractivity contribution in [1.82, 2.24) is 78.0 Å². The lowest BCUT2D eigenvalue weighted by atomic mass is 9.94. The van der Waals surface area contributed by atoms with Gasteiger partial charge in [0.2, 0.25) is 5.95 Å². The maximum Gasteiger partial charge on any atom is 0.277 e. The van der Waals surface area contributed by atoms with Gasteiger partial charge in [-0.2, -0.15) is 21.0 Å². The second-order valence-electron chi connectivity index (χ2n) is 15.0. The summed E-state index contributed by atoms with van der Waals surface area (Å²) in [6, 6.07) is 0. The third kappa shape index (κ3) is 9.51. The second-order valence-corrected chi connectivity index (χ2v) is 15.8. The van der Waals surface area contributed by atoms with Crippen molar-refractivity contribution in [2.45, 2.75) is 74.2 Å². The molecule has 24 nitrogen and oxygen atoms in total. The molecule has 15 N–H and O–H groups in total. The molecule has 26 heteroatoms. The minimum absolute atomic E-state index is 0.0152. The number of piperidine rings is 2. The van der Waals surface area contributed by atoms with Crippen LogP contribution >= 0.6 is 23.2 Å². The average molecular weight is 864 g/mol. The minimum atomic E-state index is -0.908. The number of carbonyl (C=O) groups is 2. The Bertz CT molecular complexity index is 1810. The van der Waals surface area contributed by atoms with Crippen LogP contribution in [0.2, 0.25) is 0 Å². The number of amides is 2. The van der Waals surface area contributed by atoms with Gasteiger partial charge in [0.1, 0.15) is 35.8 Å². The molecule has 8 heterocycles. The van der Waals surface area contributed by atoms with Gasteiger partial charge in [-0.15, -0.1) is 0 Å². The molecule has 2 amide bonds. The lowest BCUT2D eigenvalue weighted by molar-refractivity contribution is -0.134. The van der Waals surface area contributed by atoms with Gasteiger partial charge in [0.25, 0.3) is 11.8 Å². The number of primary amides is 1. The van der Waals surface area contributed by atoms with E-state index in [9.17, 15) is 9.59 Å². The van der Waals surface area contributed by atoms with Gasteiger partial charge in [0.15, 0.2) is 28.2 Å². The summed E-state index contributed by atoms with van der Waals surface area (Å²) in [6.45, 7) is 4.33. The zero-order valence-electron chi connectivity index (χ0n) is 33.1. The van der Waals surface area contributed by atoms with E-state index in [2.05, 4.69) is 58.0 Å². The van der Waals surface area contributed by atoms with E-state index in [4.69, 9.17) is 61.1 Å². The van der Waals surface area contributed by atoms with Crippen LogP contribution in [0.3, 0.4) is 0 Å². The number of nitrogens with zero attached hydrogens (tertiary/aromatic N) is 11. The predicted molar refractivity (Wildman–Crippen MR) is 221 cm³/mol. The number of fused-ring (bicyclic) bond motifs is 9. The van der Waals surface area contributed by atoms with Gasteiger partial charge < -0.3 is 38.1 Å². The van der Waals surface area contributed by atoms with E-state index in [-0.39, 0.29) is 66.6 Å². The van der Waals surface area contributed by atoms with E-state index in [1.54, 1.807) is 17.1 Å². The van der Waals surface area contributed by atoms with Gasteiger partial charge in [0.05, 0.1) is 13.3 Å². The van der Waals surface area contributed by atoms with Gasteiger partial charge >= 0.3 is 0 Å². The van der Waals surface area contributed by atoms with Gasteiger partial charge in [-0.25, -0.2) is 41.7 Å². The highest BCUT2D eigenvalue weighted by molar-refractivity contribution is 6.32. The Balaban J connectivity index is 1.11. The van der Waals surface area contributed by atoms with Crippen molar-refractivity contribution < 1.29 is 9.59 Å². The number of hydrazine groups is 6. The van der Waals surface area contributed by atoms with E-state index in [1.807, 2.05) is 5.01 Å². The van der Waals surface area contributed by atoms with Crippen LogP contribution in [0.5, 0.6) is 0 Å². The number of hydrogen-bond donors (Lipinski definition) is 11. The summed E-state index contributed by atoms with van der Waals surface area (Å²) < 4.78 is 0. The van der Waals surface area contributed by atoms with Crippen LogP contribution in [0.1, 0.15) is 74.9 Å². The maximum absolute atomic E-state index is 14.2. The number of hydrogen-bond acceptors (Lipinski definition) is 22. The lowest BCUT2D eigenvalue weighted by Gasteiger charge is -2.46. The highest BCUT2D eigenvalue weighted by Gasteiger charge is 2.42. The number of alkyl halides is 2. The Morgan fingerprint density at radius 1 is 0.847 bits per heavy atom. The van der Waals surface area contributed by atoms with E-state index >= 15 is 0 Å². The smallest absolute Gasteiger partial charge is 0.277 e. The summed E-state index contributed by atoms with van der Waals surface area (Å²) in [6.07, 6.45) is 7.22. The number of halogens is 2. The molecule has 59 heavy (non-hydrogen) atoms. The molecule has 0 spiro atoms. The first-order valence-electron chi connectivity index (χ1n) is 20.0. The Kier molecular flexibility index (Phi) is 14.0. The normalized spacial score (nSPS) is 25.4. The maximum atomic E-state index is 14.2. The number of nitrogens with two attached hydrogens (primary N) is 4. The Morgan fingerprint density at radius 3 is 2.08 bits per heavy atom. The van der Waals surface area contributed by atoms with E-state index in [1.165, 1.54) is 17.7 Å². The largest absolute Gasteiger partial charge is 0.384 e. The molecular formula is C33H56Cl2N22O2. The Morgan fingerprint density at radius 2 is 1.47 bits per heavy atom. The van der Waals surface area contributed by atoms with Crippen molar-refractivity contribution in [3.8, 4) is 0 Å². The monoisotopic (exact) mass is 862 g/mol. The molecule has 8 rings (SSSR count). The Labute approximate surface area is 352 Å². The number of anilines is 1. The van der Waals surface area contributed by atoms with Crippen LogP contribution in [0.15, 0.2) is 33.0 Å². The molecule has 0 saturated carbocycles. The van der Waals surface area contributed by atoms with Crippen molar-refractivity contribution in [1.29, 1.82) is 0 Å². The molecule has 0 aromatic carbocycles. The van der Waals surface area contributed by atoms with Crippen LogP contribution in [-0.2, 0) is 9.59 Å².